The van der Waals surface area contributed by atoms with Gasteiger partial charge in [0.15, 0.2) is 0 Å². The third kappa shape index (κ3) is 4.46. The fourth-order valence-electron chi connectivity index (χ4n) is 3.83. The smallest absolute Gasteiger partial charge is 0.259 e. The third-order valence-electron chi connectivity index (χ3n) is 5.66. The maximum atomic E-state index is 13.2. The number of ether oxygens (including phenoxy) is 3. The van der Waals surface area contributed by atoms with Crippen LogP contribution < -0.4 is 19.1 Å². The van der Waals surface area contributed by atoms with Gasteiger partial charge in [0.05, 0.1) is 27.0 Å². The highest BCUT2D eigenvalue weighted by Crippen LogP contribution is 2.27. The van der Waals surface area contributed by atoms with Crippen molar-refractivity contribution in [1.82, 2.24) is 9.88 Å². The Morgan fingerprint density at radius 2 is 1.53 bits per heavy atom. The van der Waals surface area contributed by atoms with Crippen LogP contribution in [-0.2, 0) is 0 Å². The standard InChI is InChI=1S/C25H27N3O4/c1-30-20-9-7-18(8-10-20)23-12-11-22(24(26-23)32-3)25(29)28-15-13-27(14-16-28)19-5-4-6-21(17-19)31-2/h4-12,17H,13-16H2,1-3H3. The Kier molecular flexibility index (Phi) is 6.44. The van der Waals surface area contributed by atoms with E-state index in [0.29, 0.717) is 24.5 Å². The van der Waals surface area contributed by atoms with Crippen LogP contribution in [0.4, 0.5) is 5.69 Å². The topological polar surface area (TPSA) is 64.1 Å². The summed E-state index contributed by atoms with van der Waals surface area (Å²) in [4.78, 5) is 21.9. The lowest BCUT2D eigenvalue weighted by atomic mass is 10.1. The summed E-state index contributed by atoms with van der Waals surface area (Å²) in [5, 5.41) is 0. The van der Waals surface area contributed by atoms with Crippen molar-refractivity contribution in [3.05, 3.63) is 66.2 Å². The second kappa shape index (κ2) is 9.60. The van der Waals surface area contributed by atoms with E-state index < -0.39 is 0 Å². The van der Waals surface area contributed by atoms with E-state index in [2.05, 4.69) is 16.0 Å². The second-order valence-electron chi connectivity index (χ2n) is 7.46. The molecule has 2 heterocycles. The number of aromatic nitrogens is 1. The quantitative estimate of drug-likeness (QED) is 0.590. The Balaban J connectivity index is 1.47. The maximum Gasteiger partial charge on any atom is 0.259 e. The lowest BCUT2D eigenvalue weighted by Gasteiger charge is -2.36. The number of amides is 1. The fourth-order valence-corrected chi connectivity index (χ4v) is 3.83. The lowest BCUT2D eigenvalue weighted by Crippen LogP contribution is -2.48. The van der Waals surface area contributed by atoms with Crippen LogP contribution in [0.25, 0.3) is 11.3 Å². The molecular weight excluding hydrogens is 406 g/mol. The van der Waals surface area contributed by atoms with Crippen LogP contribution in [-0.4, -0.2) is 63.3 Å². The number of methoxy groups -OCH3 is 3. The molecule has 0 unspecified atom stereocenters. The van der Waals surface area contributed by atoms with Gasteiger partial charge in [-0.3, -0.25) is 4.79 Å². The molecule has 1 aliphatic rings. The Morgan fingerprint density at radius 1 is 0.812 bits per heavy atom. The predicted octanol–water partition coefficient (Wildman–Crippen LogP) is 3.74. The van der Waals surface area contributed by atoms with Gasteiger partial charge in [0, 0.05) is 43.5 Å². The number of nitrogens with zero attached hydrogens (tertiary/aromatic N) is 3. The number of carbonyl (C=O) groups is 1. The van der Waals surface area contributed by atoms with E-state index in [1.807, 2.05) is 53.4 Å². The molecule has 32 heavy (non-hydrogen) atoms. The van der Waals surface area contributed by atoms with Crippen molar-refractivity contribution in [2.75, 3.05) is 52.4 Å². The van der Waals surface area contributed by atoms with E-state index >= 15 is 0 Å². The first-order valence-corrected chi connectivity index (χ1v) is 10.5. The minimum Gasteiger partial charge on any atom is -0.497 e. The van der Waals surface area contributed by atoms with Crippen LogP contribution in [0.5, 0.6) is 17.4 Å². The molecule has 0 N–H and O–H groups in total. The van der Waals surface area contributed by atoms with Gasteiger partial charge in [-0.05, 0) is 48.5 Å². The van der Waals surface area contributed by atoms with E-state index in [0.717, 1.165) is 41.5 Å². The zero-order chi connectivity index (χ0) is 22.5. The maximum absolute atomic E-state index is 13.2. The minimum atomic E-state index is -0.0686. The molecule has 7 nitrogen and oxygen atoms in total. The summed E-state index contributed by atoms with van der Waals surface area (Å²) in [5.41, 5.74) is 3.23. The Morgan fingerprint density at radius 3 is 2.19 bits per heavy atom. The zero-order valence-electron chi connectivity index (χ0n) is 18.6. The molecule has 1 aliphatic heterocycles. The van der Waals surface area contributed by atoms with Crippen LogP contribution >= 0.6 is 0 Å². The number of rotatable bonds is 6. The molecule has 3 aromatic rings. The second-order valence-corrected chi connectivity index (χ2v) is 7.46. The van der Waals surface area contributed by atoms with Crippen molar-refractivity contribution in [3.8, 4) is 28.6 Å². The van der Waals surface area contributed by atoms with Gasteiger partial charge in [0.2, 0.25) is 5.88 Å². The van der Waals surface area contributed by atoms with Crippen LogP contribution in [0.2, 0.25) is 0 Å². The number of benzene rings is 2. The SMILES string of the molecule is COc1ccc(-c2ccc(C(=O)N3CCN(c4cccc(OC)c4)CC3)c(OC)n2)cc1. The van der Waals surface area contributed by atoms with Gasteiger partial charge in [-0.15, -0.1) is 0 Å². The van der Waals surface area contributed by atoms with Crippen molar-refractivity contribution in [3.63, 3.8) is 0 Å². The van der Waals surface area contributed by atoms with Gasteiger partial charge < -0.3 is 24.0 Å². The van der Waals surface area contributed by atoms with Crippen LogP contribution in [0, 0.1) is 0 Å². The molecule has 2 aromatic carbocycles. The lowest BCUT2D eigenvalue weighted by molar-refractivity contribution is 0.0742. The molecule has 1 saturated heterocycles. The van der Waals surface area contributed by atoms with Crippen molar-refractivity contribution in [1.29, 1.82) is 0 Å². The van der Waals surface area contributed by atoms with Crippen molar-refractivity contribution in [2.24, 2.45) is 0 Å². The molecule has 7 heteroatoms. The number of hydrogen-bond donors (Lipinski definition) is 0. The van der Waals surface area contributed by atoms with Crippen molar-refractivity contribution < 1.29 is 19.0 Å². The first-order valence-electron chi connectivity index (χ1n) is 10.5. The average molecular weight is 434 g/mol. The van der Waals surface area contributed by atoms with Gasteiger partial charge in [-0.2, -0.15) is 0 Å². The molecule has 1 aromatic heterocycles. The van der Waals surface area contributed by atoms with Crippen molar-refractivity contribution in [2.45, 2.75) is 0 Å². The molecule has 166 valence electrons. The molecule has 0 radical (unpaired) electrons. The predicted molar refractivity (Wildman–Crippen MR) is 124 cm³/mol. The monoisotopic (exact) mass is 433 g/mol. The summed E-state index contributed by atoms with van der Waals surface area (Å²) in [6.45, 7) is 2.75. The minimum absolute atomic E-state index is 0.0686. The van der Waals surface area contributed by atoms with Crippen LogP contribution in [0.3, 0.4) is 0 Å². The number of anilines is 1. The molecular formula is C25H27N3O4. The molecule has 1 amide bonds. The van der Waals surface area contributed by atoms with E-state index in [1.54, 1.807) is 20.3 Å². The summed E-state index contributed by atoms with van der Waals surface area (Å²) in [5.74, 6) is 1.87. The fraction of sp³-hybridized carbons (Fsp3) is 0.280. The number of carbonyl (C=O) groups excluding carboxylic acids is 1. The number of pyridine rings is 1. The molecule has 4 rings (SSSR count). The van der Waals surface area contributed by atoms with E-state index in [1.165, 1.54) is 7.11 Å². The first-order chi connectivity index (χ1) is 15.6. The third-order valence-corrected chi connectivity index (χ3v) is 5.66. The summed E-state index contributed by atoms with van der Waals surface area (Å²) in [6, 6.07) is 19.2. The Hall–Kier alpha value is -3.74. The van der Waals surface area contributed by atoms with Gasteiger partial charge in [0.1, 0.15) is 17.1 Å². The van der Waals surface area contributed by atoms with E-state index in [4.69, 9.17) is 14.2 Å². The van der Waals surface area contributed by atoms with Gasteiger partial charge in [-0.25, -0.2) is 4.98 Å². The highest BCUT2D eigenvalue weighted by molar-refractivity contribution is 5.97. The highest BCUT2D eigenvalue weighted by Gasteiger charge is 2.25. The summed E-state index contributed by atoms with van der Waals surface area (Å²) >= 11 is 0. The summed E-state index contributed by atoms with van der Waals surface area (Å²) < 4.78 is 16.0. The molecule has 0 bridgehead atoms. The Labute approximate surface area is 188 Å². The van der Waals surface area contributed by atoms with Gasteiger partial charge in [0.25, 0.3) is 5.91 Å². The van der Waals surface area contributed by atoms with Gasteiger partial charge >= 0.3 is 0 Å². The Bertz CT molecular complexity index is 1080. The summed E-state index contributed by atoms with van der Waals surface area (Å²) in [6.07, 6.45) is 0. The van der Waals surface area contributed by atoms with Gasteiger partial charge in [-0.1, -0.05) is 6.07 Å². The molecule has 0 atom stereocenters. The van der Waals surface area contributed by atoms with Crippen LogP contribution in [0.1, 0.15) is 10.4 Å². The number of piperazine rings is 1. The average Bonchev–Trinajstić information content (AvgIpc) is 2.88. The first kappa shape index (κ1) is 21.5. The van der Waals surface area contributed by atoms with Crippen molar-refractivity contribution >= 4 is 11.6 Å². The normalized spacial score (nSPS) is 13.6. The largest absolute Gasteiger partial charge is 0.497 e. The molecule has 0 saturated carbocycles. The zero-order valence-corrected chi connectivity index (χ0v) is 18.6. The van der Waals surface area contributed by atoms with E-state index in [-0.39, 0.29) is 5.91 Å². The number of hydrogen-bond acceptors (Lipinski definition) is 6. The van der Waals surface area contributed by atoms with Crippen LogP contribution in [0.15, 0.2) is 60.7 Å². The van der Waals surface area contributed by atoms with E-state index in [9.17, 15) is 4.79 Å². The summed E-state index contributed by atoms with van der Waals surface area (Å²) in [7, 11) is 4.84. The molecule has 0 spiro atoms. The highest BCUT2D eigenvalue weighted by atomic mass is 16.5. The molecule has 0 aliphatic carbocycles. The molecule has 1 fully saturated rings.